The van der Waals surface area contributed by atoms with Crippen molar-refractivity contribution >= 4 is 23.8 Å². The minimum absolute atomic E-state index is 0.0504. The van der Waals surface area contributed by atoms with Gasteiger partial charge in [0.25, 0.3) is 0 Å². The van der Waals surface area contributed by atoms with Gasteiger partial charge in [-0.15, -0.1) is 0 Å². The number of esters is 2. The van der Waals surface area contributed by atoms with Gasteiger partial charge in [0.05, 0.1) is 25.0 Å². The fraction of sp³-hybridized carbons (Fsp3) is 0.947. The van der Waals surface area contributed by atoms with Gasteiger partial charge in [0.15, 0.2) is 0 Å². The first-order valence-electron chi connectivity index (χ1n) is 37.8. The number of carbonyl (C=O) groups is 4. The van der Waals surface area contributed by atoms with Gasteiger partial charge in [-0.05, 0) is 110 Å². The molecule has 0 radical (unpaired) electrons. The molecule has 0 aliphatic carbocycles. The highest BCUT2D eigenvalue weighted by Crippen LogP contribution is 2.23. The molecular formula is C75H147N3O6. The van der Waals surface area contributed by atoms with Crippen LogP contribution < -0.4 is 0 Å². The molecule has 0 aliphatic heterocycles. The lowest BCUT2D eigenvalue weighted by molar-refractivity contribution is -0.150. The van der Waals surface area contributed by atoms with E-state index in [2.05, 4.69) is 63.3 Å². The second-order valence-electron chi connectivity index (χ2n) is 26.3. The summed E-state index contributed by atoms with van der Waals surface area (Å²) in [5, 5.41) is 0. The third-order valence-corrected chi connectivity index (χ3v) is 18.1. The summed E-state index contributed by atoms with van der Waals surface area (Å²) in [6, 6.07) is 0. The highest BCUT2D eigenvalue weighted by Gasteiger charge is 2.21. The second-order valence-corrected chi connectivity index (χ2v) is 26.3. The van der Waals surface area contributed by atoms with Crippen molar-refractivity contribution in [3.63, 3.8) is 0 Å². The summed E-state index contributed by atoms with van der Waals surface area (Å²) in [6.07, 6.45) is 62.0. The molecule has 0 heterocycles. The number of nitrogens with zero attached hydrogens (tertiary/aromatic N) is 3. The molecule has 0 saturated heterocycles. The van der Waals surface area contributed by atoms with Gasteiger partial charge in [0, 0.05) is 39.0 Å². The van der Waals surface area contributed by atoms with Crippen molar-refractivity contribution in [3.05, 3.63) is 0 Å². The lowest BCUT2D eigenvalue weighted by Gasteiger charge is -2.23. The lowest BCUT2D eigenvalue weighted by atomic mass is 9.94. The number of rotatable bonds is 68. The molecule has 84 heavy (non-hydrogen) atoms. The van der Waals surface area contributed by atoms with Crippen LogP contribution in [0.15, 0.2) is 0 Å². The Balaban J connectivity index is 4.43. The Kier molecular flexibility index (Phi) is 63.6. The predicted molar refractivity (Wildman–Crippen MR) is 363 cm³/mol. The zero-order valence-electron chi connectivity index (χ0n) is 57.8. The van der Waals surface area contributed by atoms with E-state index < -0.39 is 0 Å². The number of amides is 2. The van der Waals surface area contributed by atoms with E-state index in [4.69, 9.17) is 9.47 Å². The molecule has 0 aromatic heterocycles. The van der Waals surface area contributed by atoms with Gasteiger partial charge in [-0.25, -0.2) is 0 Å². The van der Waals surface area contributed by atoms with Crippen molar-refractivity contribution in [1.29, 1.82) is 0 Å². The van der Waals surface area contributed by atoms with E-state index in [1.54, 1.807) is 0 Å². The molecule has 2 unspecified atom stereocenters. The molecule has 0 aromatic carbocycles. The molecule has 0 bridgehead atoms. The van der Waals surface area contributed by atoms with Crippen LogP contribution in [0.5, 0.6) is 0 Å². The molecule has 9 nitrogen and oxygen atoms in total. The summed E-state index contributed by atoms with van der Waals surface area (Å²) in [5.74, 6) is 0.981. The van der Waals surface area contributed by atoms with E-state index in [0.29, 0.717) is 37.9 Å². The van der Waals surface area contributed by atoms with Crippen LogP contribution in [-0.4, -0.2) is 98.0 Å². The smallest absolute Gasteiger partial charge is 0.308 e. The lowest BCUT2D eigenvalue weighted by Crippen LogP contribution is -2.32. The molecule has 9 heteroatoms. The van der Waals surface area contributed by atoms with E-state index >= 15 is 0 Å². The zero-order chi connectivity index (χ0) is 61.5. The molecule has 2 amide bonds. The summed E-state index contributed by atoms with van der Waals surface area (Å²) in [4.78, 5) is 59.8. The quantitative estimate of drug-likeness (QED) is 0.0442. The molecule has 0 spiro atoms. The largest absolute Gasteiger partial charge is 0.465 e. The van der Waals surface area contributed by atoms with Gasteiger partial charge in [-0.3, -0.25) is 19.2 Å². The highest BCUT2D eigenvalue weighted by atomic mass is 16.5. The molecule has 0 fully saturated rings. The Morgan fingerprint density at radius 1 is 0.262 bits per heavy atom. The Morgan fingerprint density at radius 3 is 0.774 bits per heavy atom. The Morgan fingerprint density at radius 2 is 0.476 bits per heavy atom. The average Bonchev–Trinajstić information content (AvgIpc) is 3.52. The molecule has 2 atom stereocenters. The van der Waals surface area contributed by atoms with Crippen LogP contribution in [0, 0.1) is 11.8 Å². The van der Waals surface area contributed by atoms with Crippen LogP contribution >= 0.6 is 0 Å². The van der Waals surface area contributed by atoms with Crippen molar-refractivity contribution in [2.75, 3.05) is 59.5 Å². The van der Waals surface area contributed by atoms with Crippen molar-refractivity contribution in [1.82, 2.24) is 14.7 Å². The Labute approximate surface area is 524 Å². The van der Waals surface area contributed by atoms with E-state index in [-0.39, 0.29) is 23.8 Å². The fourth-order valence-corrected chi connectivity index (χ4v) is 12.2. The van der Waals surface area contributed by atoms with Crippen LogP contribution in [0.3, 0.4) is 0 Å². The van der Waals surface area contributed by atoms with Gasteiger partial charge in [-0.2, -0.15) is 0 Å². The van der Waals surface area contributed by atoms with E-state index in [9.17, 15) is 19.2 Å². The Hall–Kier alpha value is -2.16. The third-order valence-electron chi connectivity index (χ3n) is 18.1. The van der Waals surface area contributed by atoms with Crippen LogP contribution in [0.1, 0.15) is 388 Å². The van der Waals surface area contributed by atoms with Crippen molar-refractivity contribution in [2.45, 2.75) is 388 Å². The van der Waals surface area contributed by atoms with Gasteiger partial charge in [0.2, 0.25) is 11.8 Å². The van der Waals surface area contributed by atoms with Crippen LogP contribution in [0.25, 0.3) is 0 Å². The van der Waals surface area contributed by atoms with E-state index in [0.717, 1.165) is 193 Å². The summed E-state index contributed by atoms with van der Waals surface area (Å²) >= 11 is 0. The average molecular weight is 1190 g/mol. The van der Waals surface area contributed by atoms with Gasteiger partial charge in [-0.1, -0.05) is 286 Å². The molecule has 0 rings (SSSR count). The normalized spacial score (nSPS) is 12.3. The minimum atomic E-state index is 0.0504. The zero-order valence-corrected chi connectivity index (χ0v) is 57.8. The minimum Gasteiger partial charge on any atom is -0.465 e. The molecule has 0 N–H and O–H groups in total. The first kappa shape index (κ1) is 81.8. The van der Waals surface area contributed by atoms with Crippen molar-refractivity contribution in [2.24, 2.45) is 11.8 Å². The maximum Gasteiger partial charge on any atom is 0.308 e. The summed E-state index contributed by atoms with van der Waals surface area (Å²) in [7, 11) is 2.27. The van der Waals surface area contributed by atoms with Crippen LogP contribution in [0.4, 0.5) is 0 Å². The first-order chi connectivity index (χ1) is 41.2. The number of unbranched alkanes of at least 4 members (excludes halogenated alkanes) is 38. The predicted octanol–water partition coefficient (Wildman–Crippen LogP) is 22.1. The Bertz CT molecular complexity index is 1310. The van der Waals surface area contributed by atoms with Gasteiger partial charge in [0.1, 0.15) is 0 Å². The molecule has 498 valence electrons. The van der Waals surface area contributed by atoms with Crippen LogP contribution in [-0.2, 0) is 28.7 Å². The maximum absolute atomic E-state index is 13.4. The summed E-state index contributed by atoms with van der Waals surface area (Å²) in [5.41, 5.74) is 0. The summed E-state index contributed by atoms with van der Waals surface area (Å²) in [6.45, 7) is 20.5. The monoisotopic (exact) mass is 1190 g/mol. The van der Waals surface area contributed by atoms with Crippen molar-refractivity contribution < 1.29 is 28.7 Å². The molecule has 0 aliphatic rings. The fourth-order valence-electron chi connectivity index (χ4n) is 12.2. The van der Waals surface area contributed by atoms with E-state index in [1.165, 1.54) is 180 Å². The number of ether oxygens (including phenoxy) is 2. The third kappa shape index (κ3) is 54.0. The number of hydrogen-bond donors (Lipinski definition) is 0. The maximum atomic E-state index is 13.4. The molecular weight excluding hydrogens is 1040 g/mol. The molecule has 0 saturated carbocycles. The summed E-state index contributed by atoms with van der Waals surface area (Å²) < 4.78 is 11.7. The van der Waals surface area contributed by atoms with Crippen molar-refractivity contribution in [3.8, 4) is 0 Å². The first-order valence-corrected chi connectivity index (χ1v) is 37.8. The second kappa shape index (κ2) is 65.3. The number of hydrogen-bond acceptors (Lipinski definition) is 7. The topological polar surface area (TPSA) is 96.5 Å². The standard InChI is InChI=1S/C75H147N3O6/c1-8-14-20-26-32-44-58-70(56-42-22-16-10-3)74(81)83-68-54-40-30-28-34-46-60-72(79)77(64-50-24-18-12-5)66-52-38-36-48-62-76(7)63-49-37-39-53-67-78(65-51-25-19-13-6)73(80)61-47-35-29-31-41-55-69-84-75(82)71(57-43-23-17-11-4)59-45-33-27-21-15-9-2/h70-71H,8-69H2,1-7H3. The van der Waals surface area contributed by atoms with Gasteiger partial charge < -0.3 is 24.2 Å². The highest BCUT2D eigenvalue weighted by molar-refractivity contribution is 5.76. The van der Waals surface area contributed by atoms with Crippen LogP contribution in [0.2, 0.25) is 0 Å². The number of carbonyl (C=O) groups excluding carboxylic acids is 4. The van der Waals surface area contributed by atoms with E-state index in [1.807, 2.05) is 0 Å². The van der Waals surface area contributed by atoms with Gasteiger partial charge >= 0.3 is 11.9 Å². The molecule has 0 aromatic rings. The SMILES string of the molecule is CCCCCCCCC(CCCCCC)C(=O)OCCCCCCCCC(=O)N(CCCCCC)CCCCCCN(C)CCCCCCN(CCCCCC)C(=O)CCCCCCCCOC(=O)C(CCCCCC)CCCCCCCC.